The van der Waals surface area contributed by atoms with Gasteiger partial charge in [0.05, 0.1) is 11.1 Å². The second-order valence-electron chi connectivity index (χ2n) is 6.59. The van der Waals surface area contributed by atoms with Gasteiger partial charge in [-0.25, -0.2) is 4.39 Å². The Morgan fingerprint density at radius 2 is 1.57 bits per heavy atom. The molecule has 0 atom stereocenters. The summed E-state index contributed by atoms with van der Waals surface area (Å²) < 4.78 is 51.5. The number of hydrogen-bond acceptors (Lipinski definition) is 2. The van der Waals surface area contributed by atoms with Crippen molar-refractivity contribution in [2.45, 2.75) is 25.1 Å². The highest BCUT2D eigenvalue weighted by atomic mass is 19.4. The summed E-state index contributed by atoms with van der Waals surface area (Å²) in [6.07, 6.45) is -3.49. The Bertz CT molecular complexity index is 857. The molecule has 1 aliphatic heterocycles. The van der Waals surface area contributed by atoms with Crippen LogP contribution in [0.4, 0.5) is 17.6 Å². The summed E-state index contributed by atoms with van der Waals surface area (Å²) in [4.78, 5) is 26.2. The number of carbonyl (C=O) groups excluding carboxylic acids is 2. The Kier molecular flexibility index (Phi) is 5.67. The minimum Gasteiger partial charge on any atom is -0.349 e. The highest BCUT2D eigenvalue weighted by molar-refractivity contribution is 5.95. The van der Waals surface area contributed by atoms with Crippen LogP contribution in [0.1, 0.15) is 39.1 Å². The SMILES string of the molecule is O=C(NC1CCN(C(=O)c2ccccc2F)CC1)c1ccc(C(F)(F)F)cc1. The summed E-state index contributed by atoms with van der Waals surface area (Å²) in [7, 11) is 0. The maximum atomic E-state index is 13.8. The molecule has 4 nitrogen and oxygen atoms in total. The molecule has 0 spiro atoms. The maximum Gasteiger partial charge on any atom is 0.416 e. The van der Waals surface area contributed by atoms with Crippen LogP contribution in [0.25, 0.3) is 0 Å². The van der Waals surface area contributed by atoms with Crippen molar-refractivity contribution in [3.8, 4) is 0 Å². The van der Waals surface area contributed by atoms with Crippen LogP contribution in [0, 0.1) is 5.82 Å². The summed E-state index contributed by atoms with van der Waals surface area (Å²) in [6.45, 7) is 0.705. The fraction of sp³-hybridized carbons (Fsp3) is 0.300. The fourth-order valence-corrected chi connectivity index (χ4v) is 3.11. The lowest BCUT2D eigenvalue weighted by Gasteiger charge is -2.32. The van der Waals surface area contributed by atoms with E-state index in [4.69, 9.17) is 0 Å². The molecule has 1 N–H and O–H groups in total. The molecule has 0 bridgehead atoms. The third-order valence-electron chi connectivity index (χ3n) is 4.70. The molecule has 1 saturated heterocycles. The van der Waals surface area contributed by atoms with E-state index in [9.17, 15) is 27.2 Å². The van der Waals surface area contributed by atoms with Gasteiger partial charge < -0.3 is 10.2 Å². The number of hydrogen-bond donors (Lipinski definition) is 1. The molecule has 1 fully saturated rings. The first-order valence-electron chi connectivity index (χ1n) is 8.77. The Labute approximate surface area is 159 Å². The molecule has 2 aromatic carbocycles. The van der Waals surface area contributed by atoms with E-state index in [1.54, 1.807) is 6.07 Å². The van der Waals surface area contributed by atoms with Crippen LogP contribution in [-0.2, 0) is 6.18 Å². The van der Waals surface area contributed by atoms with Crippen LogP contribution in [0.2, 0.25) is 0 Å². The normalized spacial score (nSPS) is 15.4. The van der Waals surface area contributed by atoms with Gasteiger partial charge in [0.25, 0.3) is 11.8 Å². The van der Waals surface area contributed by atoms with E-state index in [1.165, 1.54) is 23.1 Å². The number of carbonyl (C=O) groups is 2. The Balaban J connectivity index is 1.55. The number of halogens is 4. The highest BCUT2D eigenvalue weighted by Gasteiger charge is 2.30. The van der Waals surface area contributed by atoms with Crippen molar-refractivity contribution in [1.29, 1.82) is 0 Å². The second-order valence-corrected chi connectivity index (χ2v) is 6.59. The zero-order chi connectivity index (χ0) is 20.3. The first-order chi connectivity index (χ1) is 13.3. The quantitative estimate of drug-likeness (QED) is 0.804. The second kappa shape index (κ2) is 8.00. The van der Waals surface area contributed by atoms with Gasteiger partial charge in [0, 0.05) is 24.7 Å². The zero-order valence-electron chi connectivity index (χ0n) is 14.8. The van der Waals surface area contributed by atoms with Gasteiger partial charge in [-0.3, -0.25) is 9.59 Å². The summed E-state index contributed by atoms with van der Waals surface area (Å²) in [5.41, 5.74) is -0.670. The summed E-state index contributed by atoms with van der Waals surface area (Å²) in [6, 6.07) is 9.54. The van der Waals surface area contributed by atoms with Crippen molar-refractivity contribution in [1.82, 2.24) is 10.2 Å². The fourth-order valence-electron chi connectivity index (χ4n) is 3.11. The number of piperidine rings is 1. The van der Waals surface area contributed by atoms with E-state index in [-0.39, 0.29) is 17.2 Å². The van der Waals surface area contributed by atoms with Crippen LogP contribution in [0.3, 0.4) is 0 Å². The number of nitrogens with zero attached hydrogens (tertiary/aromatic N) is 1. The lowest BCUT2D eigenvalue weighted by Crippen LogP contribution is -2.46. The molecule has 1 aliphatic rings. The van der Waals surface area contributed by atoms with Gasteiger partial charge >= 0.3 is 6.18 Å². The Morgan fingerprint density at radius 1 is 0.964 bits per heavy atom. The van der Waals surface area contributed by atoms with E-state index in [0.29, 0.717) is 25.9 Å². The molecule has 0 unspecified atom stereocenters. The molecule has 8 heteroatoms. The van der Waals surface area contributed by atoms with Crippen LogP contribution >= 0.6 is 0 Å². The largest absolute Gasteiger partial charge is 0.416 e. The predicted molar refractivity (Wildman–Crippen MR) is 94.2 cm³/mol. The van der Waals surface area contributed by atoms with Crippen LogP contribution in [0.15, 0.2) is 48.5 Å². The minimum absolute atomic E-state index is 0.00902. The maximum absolute atomic E-state index is 13.8. The predicted octanol–water partition coefficient (Wildman–Crippen LogP) is 3.88. The lowest BCUT2D eigenvalue weighted by atomic mass is 10.0. The van der Waals surface area contributed by atoms with Crippen molar-refractivity contribution < 1.29 is 27.2 Å². The van der Waals surface area contributed by atoms with Crippen LogP contribution in [0.5, 0.6) is 0 Å². The summed E-state index contributed by atoms with van der Waals surface area (Å²) >= 11 is 0. The van der Waals surface area contributed by atoms with Gasteiger partial charge in [0.1, 0.15) is 5.82 Å². The average Bonchev–Trinajstić information content (AvgIpc) is 2.68. The number of amides is 2. The van der Waals surface area contributed by atoms with E-state index in [0.717, 1.165) is 24.3 Å². The van der Waals surface area contributed by atoms with Crippen molar-refractivity contribution in [3.63, 3.8) is 0 Å². The van der Waals surface area contributed by atoms with Gasteiger partial charge in [0.15, 0.2) is 0 Å². The van der Waals surface area contributed by atoms with Gasteiger partial charge in [0.2, 0.25) is 0 Å². The standard InChI is InChI=1S/C20H18F4N2O2/c21-17-4-2-1-3-16(17)19(28)26-11-9-15(10-12-26)25-18(27)13-5-7-14(8-6-13)20(22,23)24/h1-8,15H,9-12H2,(H,25,27). The number of nitrogens with one attached hydrogen (secondary N) is 1. The molecule has 0 radical (unpaired) electrons. The van der Waals surface area contributed by atoms with Gasteiger partial charge in [-0.05, 0) is 49.2 Å². The van der Waals surface area contributed by atoms with Crippen molar-refractivity contribution >= 4 is 11.8 Å². The molecule has 1 heterocycles. The zero-order valence-corrected chi connectivity index (χ0v) is 14.8. The first-order valence-corrected chi connectivity index (χ1v) is 8.77. The van der Waals surface area contributed by atoms with E-state index in [2.05, 4.69) is 5.32 Å². The Hall–Kier alpha value is -2.90. The topological polar surface area (TPSA) is 49.4 Å². The van der Waals surface area contributed by atoms with Gasteiger partial charge in [-0.1, -0.05) is 12.1 Å². The summed E-state index contributed by atoms with van der Waals surface area (Å²) in [5, 5.41) is 2.77. The molecular weight excluding hydrogens is 376 g/mol. The molecule has 0 aliphatic carbocycles. The lowest BCUT2D eigenvalue weighted by molar-refractivity contribution is -0.137. The molecule has 0 saturated carbocycles. The first kappa shape index (κ1) is 19.9. The monoisotopic (exact) mass is 394 g/mol. The highest BCUT2D eigenvalue weighted by Crippen LogP contribution is 2.29. The third-order valence-corrected chi connectivity index (χ3v) is 4.70. The molecule has 3 rings (SSSR count). The van der Waals surface area contributed by atoms with E-state index >= 15 is 0 Å². The molecular formula is C20H18F4N2O2. The molecule has 28 heavy (non-hydrogen) atoms. The van der Waals surface area contributed by atoms with Crippen molar-refractivity contribution in [2.75, 3.05) is 13.1 Å². The number of benzene rings is 2. The van der Waals surface area contributed by atoms with Gasteiger partial charge in [-0.15, -0.1) is 0 Å². The Morgan fingerprint density at radius 3 is 2.14 bits per heavy atom. The van der Waals surface area contributed by atoms with Crippen molar-refractivity contribution in [2.24, 2.45) is 0 Å². The van der Waals surface area contributed by atoms with Crippen LogP contribution in [-0.4, -0.2) is 35.8 Å². The van der Waals surface area contributed by atoms with E-state index < -0.39 is 29.4 Å². The molecule has 0 aromatic heterocycles. The smallest absolute Gasteiger partial charge is 0.349 e. The molecule has 148 valence electrons. The number of likely N-dealkylation sites (tertiary alicyclic amines) is 1. The van der Waals surface area contributed by atoms with Crippen LogP contribution < -0.4 is 5.32 Å². The minimum atomic E-state index is -4.45. The van der Waals surface area contributed by atoms with Gasteiger partial charge in [-0.2, -0.15) is 13.2 Å². The molecule has 2 aromatic rings. The number of rotatable bonds is 3. The average molecular weight is 394 g/mol. The van der Waals surface area contributed by atoms with Crippen molar-refractivity contribution in [3.05, 3.63) is 71.0 Å². The summed E-state index contributed by atoms with van der Waals surface area (Å²) in [5.74, 6) is -1.44. The molecule has 2 amide bonds. The number of alkyl halides is 3. The van der Waals surface area contributed by atoms with E-state index in [1.807, 2.05) is 0 Å². The third kappa shape index (κ3) is 4.49.